The van der Waals surface area contributed by atoms with Crippen molar-refractivity contribution in [2.75, 3.05) is 0 Å². The van der Waals surface area contributed by atoms with Gasteiger partial charge in [0, 0.05) is 29.1 Å². The standard InChI is InChI=1S/C30H51FO3Si.C24H36FN3O2.C24H38FNO2.C24H37FO3.C21H34FNO2.ClH/c1-18(31)20-11-12-21-24-22(14-16-29(20,21)7)30(8)15-13-19(34-35(9,10)27(2,3)4)17-23(30)25-26(24)33-28(5,6)32-25;1-13(25)15-6-7-16-19-17(9-11-23(15,16)4)24(5)10-8-14(27-28-26)12-18(24)20-21(19)30-22(2,3)29-20;2*1-13(25)15-6-7-16-19-17(9-11-23(15,16)4)24(5)10-8-14(26)12-18(24)20-21(19)28-22(2,3)27-20;1-11(22)13-4-5-14-17-15(7-9-20(13,14)2)21(3)8-6-12(23)10-16(21)18(24)19(17)25;/h19,21-26H,11-17H2,1-10H3;14,16-21H,6-12H2,1-5H3;14,16-21H,6-12,26H2,1-5H3;14,16-21,26H,6-12H2,1-5H3;12,14-19,24-25H,4-10,23H2,1-3H3;1H/b20-18+;3*15-13+;13-11+;/t19-,21?,22?,23?,24?,25+,26+,29+,30+;2*14-,16?,17?,18?,19?,20-,21-,23-,24-;14-,16?,17?,18?,19?,20+,21+,23+,24+;12-,14?,15?,16?,17?,18-,19-,20-,21-;/m01101./s1. The molecule has 4 saturated heterocycles. The Hall–Kier alpha value is -2.39. The van der Waals surface area contributed by atoms with Gasteiger partial charge in [0.25, 0.3) is 0 Å². The van der Waals surface area contributed by atoms with Crippen molar-refractivity contribution in [1.82, 2.24) is 0 Å². The highest BCUT2D eigenvalue weighted by atomic mass is 35.5. The molecule has 24 heteroatoms. The maximum absolute atomic E-state index is 14.7. The van der Waals surface area contributed by atoms with Crippen molar-refractivity contribution in [2.45, 2.75) is 537 Å². The SMILES string of the molecule is C/C(F)=C1/CCC2C3C(CC[C@]12C)[C@@]1(C)CC[C@@H](N)CC1[C@@H](O)[C@@H]3O.C/C(F)=C1/CCC2C3C(CC[C@]12C)[C@@]1(C)CC[C@@H](N)CC1[C@H]1OC(C)(C)O[C@H]31.C/C(F)=C1/CCC2C3C(CC[C@]12C)[C@@]1(C)CC[C@@H](N=[N+]=[N-])CC1[C@H]1OC(C)(C)O[C@H]31.C/C(F)=C1/CCC2C3C(CC[C@]12C)[C@@]1(C)CC[C@H](O)CC1[C@H]1OC(C)(C)O[C@H]31.C/C(F)=C1/CCC2C3C(CC[C@]12C)[C@@]1(C)CC[C@H](O[Si](C)(C)C(C)(C)C)CC1[C@H]1OC(C)(C)O[C@H]31.Cl. The van der Waals surface area contributed by atoms with Gasteiger partial charge in [0.15, 0.2) is 31.5 Å². The fourth-order valence-electron chi connectivity index (χ4n) is 42.8. The van der Waals surface area contributed by atoms with Crippen LogP contribution in [0.25, 0.3) is 10.4 Å². The molecule has 0 bridgehead atoms. The summed E-state index contributed by atoms with van der Waals surface area (Å²) < 4.78 is 132. The Bertz CT molecular complexity index is 5010. The lowest BCUT2D eigenvalue weighted by Gasteiger charge is -2.63. The number of aliphatic hydroxyl groups excluding tert-OH is 3. The summed E-state index contributed by atoms with van der Waals surface area (Å²) in [5, 5.41) is 36.8. The predicted molar refractivity (Wildman–Crippen MR) is 573 cm³/mol. The second-order valence-corrected chi connectivity index (χ2v) is 64.4. The summed E-state index contributed by atoms with van der Waals surface area (Å²) in [7, 11) is -1.83. The monoisotopic (exact) mass is 2090 g/mol. The summed E-state index contributed by atoms with van der Waals surface area (Å²) >= 11 is 0. The van der Waals surface area contributed by atoms with E-state index in [0.717, 1.165) is 227 Å². The molecule has 4 aliphatic heterocycles. The van der Waals surface area contributed by atoms with Crippen LogP contribution in [-0.2, 0) is 42.3 Å². The molecule has 20 aliphatic carbocycles. The number of halogens is 6. The zero-order chi connectivity index (χ0) is 106. The van der Waals surface area contributed by atoms with Gasteiger partial charge in [-0.15, -0.1) is 12.4 Å². The third-order valence-corrected chi connectivity index (χ3v) is 54.9. The predicted octanol–water partition coefficient (Wildman–Crippen LogP) is 29.8. The van der Waals surface area contributed by atoms with Crippen LogP contribution in [0.4, 0.5) is 22.0 Å². The Labute approximate surface area is 888 Å². The van der Waals surface area contributed by atoms with Crippen LogP contribution in [0.1, 0.15) is 405 Å². The summed E-state index contributed by atoms with van der Waals surface area (Å²) in [5.41, 5.74) is 27.6. The highest BCUT2D eigenvalue weighted by molar-refractivity contribution is 6.74. The number of nitrogens with two attached hydrogens (primary N) is 2. The number of azide groups is 1. The summed E-state index contributed by atoms with van der Waals surface area (Å²) in [4.78, 5) is 3.11. The lowest BCUT2D eigenvalue weighted by Crippen LogP contribution is -2.64. The average molecular weight is 2100 g/mol. The van der Waals surface area contributed by atoms with Crippen molar-refractivity contribution < 1.29 is 79.6 Å². The number of ether oxygens (including phenoxy) is 8. The minimum Gasteiger partial charge on any atom is -0.414 e. The topological polar surface area (TPSA) is 245 Å². The van der Waals surface area contributed by atoms with Crippen molar-refractivity contribution in [2.24, 2.45) is 189 Å². The van der Waals surface area contributed by atoms with Crippen LogP contribution in [-0.4, -0.2) is 138 Å². The fraction of sp³-hybridized carbons (Fsp3) is 0.919. The van der Waals surface area contributed by atoms with Gasteiger partial charge in [0.05, 0.1) is 96.3 Å². The Kier molecular flexibility index (Phi) is 29.7. The first-order chi connectivity index (χ1) is 67.9. The van der Waals surface area contributed by atoms with Crippen LogP contribution in [0.5, 0.6) is 0 Å². The molecule has 0 aromatic carbocycles. The molecule has 0 spiro atoms. The van der Waals surface area contributed by atoms with Gasteiger partial charge >= 0.3 is 0 Å². The van der Waals surface area contributed by atoms with E-state index in [0.29, 0.717) is 107 Å². The highest BCUT2D eigenvalue weighted by Crippen LogP contribution is 2.78. The average Bonchev–Trinajstić information content (AvgIpc) is 1.54. The summed E-state index contributed by atoms with van der Waals surface area (Å²) in [5.74, 6) is 6.53. The van der Waals surface area contributed by atoms with E-state index in [-0.39, 0.29) is 192 Å². The number of hydrogen-bond donors (Lipinski definition) is 5. The third-order valence-electron chi connectivity index (χ3n) is 50.4. The van der Waals surface area contributed by atoms with E-state index in [1.165, 1.54) is 25.7 Å². The van der Waals surface area contributed by atoms with Gasteiger partial charge in [-0.05, 0) is 539 Å². The zero-order valence-electron chi connectivity index (χ0n) is 95.8. The van der Waals surface area contributed by atoms with E-state index in [4.69, 9.17) is 59.3 Å². The molecule has 0 radical (unpaired) electrons. The van der Waals surface area contributed by atoms with Gasteiger partial charge in [-0.2, -0.15) is 0 Å². The van der Waals surface area contributed by atoms with Gasteiger partial charge in [-0.1, -0.05) is 95.1 Å². The third kappa shape index (κ3) is 18.0. The highest BCUT2D eigenvalue weighted by Gasteiger charge is 2.76. The molecule has 45 atom stereocenters. The smallest absolute Gasteiger partial charge is 0.192 e. The normalized spacial score (nSPS) is 53.7. The molecule has 832 valence electrons. The molecule has 0 amide bonds. The molecule has 17 nitrogen and oxygen atoms in total. The Balaban J connectivity index is 0.000000116. The van der Waals surface area contributed by atoms with E-state index in [1.54, 1.807) is 34.6 Å². The van der Waals surface area contributed by atoms with E-state index in [9.17, 15) is 37.3 Å². The number of fused-ring (bicyclic) bond motifs is 37. The van der Waals surface area contributed by atoms with Crippen molar-refractivity contribution in [3.05, 3.63) is 67.4 Å². The molecule has 7 N–H and O–H groups in total. The van der Waals surface area contributed by atoms with Gasteiger partial charge < -0.3 is 69.1 Å². The zero-order valence-corrected chi connectivity index (χ0v) is 97.6. The van der Waals surface area contributed by atoms with Crippen molar-refractivity contribution in [3.63, 3.8) is 0 Å². The molecule has 147 heavy (non-hydrogen) atoms. The van der Waals surface area contributed by atoms with Gasteiger partial charge in [0.1, 0.15) is 0 Å². The largest absolute Gasteiger partial charge is 0.414 e. The van der Waals surface area contributed by atoms with Crippen molar-refractivity contribution in [3.8, 4) is 0 Å². The van der Waals surface area contributed by atoms with Crippen LogP contribution < -0.4 is 11.5 Å². The lowest BCUT2D eigenvalue weighted by molar-refractivity contribution is -0.210. The van der Waals surface area contributed by atoms with Crippen LogP contribution in [0, 0.1) is 173 Å². The second-order valence-electron chi connectivity index (χ2n) is 59.7. The van der Waals surface area contributed by atoms with E-state index in [2.05, 4.69) is 141 Å². The first-order valence-electron chi connectivity index (χ1n) is 59.4. The second kappa shape index (κ2) is 38.7. The maximum Gasteiger partial charge on any atom is 0.192 e. The summed E-state index contributed by atoms with van der Waals surface area (Å²) in [6.07, 6.45) is 35.6. The molecule has 0 aromatic heterocycles. The van der Waals surface area contributed by atoms with Gasteiger partial charge in [-0.25, -0.2) is 22.0 Å². The minimum absolute atomic E-state index is 0. The Morgan fingerprint density at radius 1 is 0.327 bits per heavy atom. The van der Waals surface area contributed by atoms with E-state index < -0.39 is 43.7 Å². The number of hydrogen-bond acceptors (Lipinski definition) is 15. The molecule has 20 saturated carbocycles. The quantitative estimate of drug-likeness (QED) is 0.0580. The fourth-order valence-corrected chi connectivity index (χ4v) is 44.2. The van der Waals surface area contributed by atoms with E-state index >= 15 is 0 Å². The Morgan fingerprint density at radius 3 is 0.898 bits per heavy atom. The molecule has 24 aliphatic rings. The van der Waals surface area contributed by atoms with Gasteiger partial charge in [-0.3, -0.25) is 0 Å². The molecule has 24 fully saturated rings. The Morgan fingerprint density at radius 2 is 0.585 bits per heavy atom. The number of aliphatic hydroxyl groups is 3. The van der Waals surface area contributed by atoms with Crippen LogP contribution >= 0.6 is 12.4 Å². The molecule has 4 heterocycles. The minimum atomic E-state index is -1.83. The molecular weight excluding hydrogens is 1900 g/mol. The molecular formula is C123H197ClF5N5O12Si. The van der Waals surface area contributed by atoms with Crippen LogP contribution in [0.15, 0.2) is 62.1 Å². The first-order valence-corrected chi connectivity index (χ1v) is 62.3. The summed E-state index contributed by atoms with van der Waals surface area (Å²) in [6.45, 7) is 60.3. The molecule has 0 aromatic rings. The molecule has 20 unspecified atom stereocenters. The number of allylic oxidation sites excluding steroid dienone is 10. The van der Waals surface area contributed by atoms with Gasteiger partial charge in [0.2, 0.25) is 0 Å². The van der Waals surface area contributed by atoms with Crippen LogP contribution in [0.3, 0.4) is 0 Å². The maximum atomic E-state index is 14.7. The first kappa shape index (κ1) is 113. The van der Waals surface area contributed by atoms with Crippen molar-refractivity contribution in [1.29, 1.82) is 0 Å². The number of nitrogens with zero attached hydrogens (tertiary/aromatic N) is 3. The van der Waals surface area contributed by atoms with Crippen molar-refractivity contribution >= 4 is 20.7 Å². The lowest BCUT2D eigenvalue weighted by atomic mass is 9.43. The molecule has 24 rings (SSSR count). The number of rotatable bonds is 3. The van der Waals surface area contributed by atoms with E-state index in [1.807, 2.05) is 27.7 Å². The summed E-state index contributed by atoms with van der Waals surface area (Å²) in [6, 6.07) is 0.480. The van der Waals surface area contributed by atoms with Crippen LogP contribution in [0.2, 0.25) is 18.1 Å².